The summed E-state index contributed by atoms with van der Waals surface area (Å²) in [5.74, 6) is -0.286. The van der Waals surface area contributed by atoms with Gasteiger partial charge in [-0.3, -0.25) is 0 Å². The molecule has 15 heavy (non-hydrogen) atoms. The molecule has 0 aliphatic rings. The zero-order chi connectivity index (χ0) is 10.8. The number of benzene rings is 1. The number of esters is 1. The Morgan fingerprint density at radius 3 is 3.07 bits per heavy atom. The third-order valence-electron chi connectivity index (χ3n) is 2.03. The van der Waals surface area contributed by atoms with Gasteiger partial charge in [-0.2, -0.15) is 0 Å². The number of thiophene rings is 1. The molecule has 0 aliphatic carbocycles. The van der Waals surface area contributed by atoms with Crippen molar-refractivity contribution in [3.05, 3.63) is 34.2 Å². The highest BCUT2D eigenvalue weighted by molar-refractivity contribution is 7.17. The summed E-state index contributed by atoms with van der Waals surface area (Å²) in [6.45, 7) is 2.18. The Morgan fingerprint density at radius 1 is 1.53 bits per heavy atom. The molecule has 78 valence electrons. The minimum atomic E-state index is -0.286. The van der Waals surface area contributed by atoms with Gasteiger partial charge in [-0.25, -0.2) is 4.79 Å². The number of hydrogen-bond acceptors (Lipinski definition) is 3. The topological polar surface area (TPSA) is 26.3 Å². The fraction of sp³-hybridized carbons (Fsp3) is 0.182. The Morgan fingerprint density at radius 2 is 2.33 bits per heavy atom. The monoisotopic (exact) mass is 240 g/mol. The molecule has 1 aromatic heterocycles. The summed E-state index contributed by atoms with van der Waals surface area (Å²) in [7, 11) is 0. The molecule has 0 fully saturated rings. The lowest BCUT2D eigenvalue weighted by molar-refractivity contribution is 0.0529. The lowest BCUT2D eigenvalue weighted by atomic mass is 10.2. The Labute approximate surface area is 96.4 Å². The van der Waals surface area contributed by atoms with Gasteiger partial charge in [-0.05, 0) is 25.1 Å². The van der Waals surface area contributed by atoms with Crippen LogP contribution in [0.15, 0.2) is 23.6 Å². The maximum atomic E-state index is 11.6. The van der Waals surface area contributed by atoms with Crippen molar-refractivity contribution >= 4 is 39.0 Å². The van der Waals surface area contributed by atoms with E-state index in [1.807, 2.05) is 12.1 Å². The molecule has 0 amide bonds. The van der Waals surface area contributed by atoms with Gasteiger partial charge in [0.25, 0.3) is 0 Å². The van der Waals surface area contributed by atoms with Crippen LogP contribution in [0.4, 0.5) is 0 Å². The minimum Gasteiger partial charge on any atom is -0.462 e. The van der Waals surface area contributed by atoms with Crippen molar-refractivity contribution in [2.45, 2.75) is 6.92 Å². The average molecular weight is 241 g/mol. The van der Waals surface area contributed by atoms with Gasteiger partial charge in [0.2, 0.25) is 0 Å². The van der Waals surface area contributed by atoms with Crippen molar-refractivity contribution in [3.8, 4) is 0 Å². The second-order valence-corrected chi connectivity index (χ2v) is 4.36. The summed E-state index contributed by atoms with van der Waals surface area (Å²) in [6.07, 6.45) is 0. The molecule has 0 saturated carbocycles. The van der Waals surface area contributed by atoms with Crippen molar-refractivity contribution in [2.75, 3.05) is 6.61 Å². The fourth-order valence-electron chi connectivity index (χ4n) is 1.37. The maximum absolute atomic E-state index is 11.6. The number of carbonyl (C=O) groups is 1. The summed E-state index contributed by atoms with van der Waals surface area (Å²) in [5.41, 5.74) is 0.597. The molecule has 2 aromatic rings. The first-order valence-corrected chi connectivity index (χ1v) is 5.82. The molecule has 0 saturated heterocycles. The van der Waals surface area contributed by atoms with Crippen molar-refractivity contribution in [1.29, 1.82) is 0 Å². The summed E-state index contributed by atoms with van der Waals surface area (Å²) >= 11 is 7.40. The SMILES string of the molecule is CCOC(=O)c1csc2ccc(Cl)cc12. The first-order valence-electron chi connectivity index (χ1n) is 4.56. The van der Waals surface area contributed by atoms with E-state index < -0.39 is 0 Å². The van der Waals surface area contributed by atoms with Crippen molar-refractivity contribution in [3.63, 3.8) is 0 Å². The molecule has 0 unspecified atom stereocenters. The molecule has 4 heteroatoms. The average Bonchev–Trinajstić information content (AvgIpc) is 2.60. The molecule has 0 N–H and O–H groups in total. The Kier molecular flexibility index (Phi) is 2.93. The van der Waals surface area contributed by atoms with Gasteiger partial charge >= 0.3 is 5.97 Å². The molecule has 0 bridgehead atoms. The van der Waals surface area contributed by atoms with Gasteiger partial charge in [0.15, 0.2) is 0 Å². The molecule has 1 aromatic carbocycles. The van der Waals surface area contributed by atoms with E-state index in [0.29, 0.717) is 17.2 Å². The summed E-state index contributed by atoms with van der Waals surface area (Å²) in [6, 6.07) is 5.51. The van der Waals surface area contributed by atoms with Crippen LogP contribution in [0.2, 0.25) is 5.02 Å². The van der Waals surface area contributed by atoms with Gasteiger partial charge in [0.05, 0.1) is 12.2 Å². The lowest BCUT2D eigenvalue weighted by Gasteiger charge is -1.99. The Hall–Kier alpha value is -1.06. The van der Waals surface area contributed by atoms with Gasteiger partial charge in [-0.15, -0.1) is 11.3 Å². The number of hydrogen-bond donors (Lipinski definition) is 0. The smallest absolute Gasteiger partial charge is 0.339 e. The summed E-state index contributed by atoms with van der Waals surface area (Å²) in [5, 5.41) is 3.30. The second kappa shape index (κ2) is 4.21. The number of halogens is 1. The van der Waals surface area contributed by atoms with Crippen LogP contribution in [0.25, 0.3) is 10.1 Å². The lowest BCUT2D eigenvalue weighted by Crippen LogP contribution is -2.03. The van der Waals surface area contributed by atoms with Crippen LogP contribution in [0.1, 0.15) is 17.3 Å². The van der Waals surface area contributed by atoms with E-state index in [-0.39, 0.29) is 5.97 Å². The number of carbonyl (C=O) groups excluding carboxylic acids is 1. The highest BCUT2D eigenvalue weighted by atomic mass is 35.5. The molecule has 0 aliphatic heterocycles. The van der Waals surface area contributed by atoms with E-state index in [1.165, 1.54) is 11.3 Å². The van der Waals surface area contributed by atoms with E-state index in [2.05, 4.69) is 0 Å². The molecule has 0 atom stereocenters. The van der Waals surface area contributed by atoms with Crippen LogP contribution < -0.4 is 0 Å². The first-order chi connectivity index (χ1) is 7.22. The molecular weight excluding hydrogens is 232 g/mol. The highest BCUT2D eigenvalue weighted by Crippen LogP contribution is 2.28. The number of ether oxygens (including phenoxy) is 1. The van der Waals surface area contributed by atoms with Gasteiger partial charge < -0.3 is 4.74 Å². The van der Waals surface area contributed by atoms with Crippen LogP contribution in [0, 0.1) is 0 Å². The van der Waals surface area contributed by atoms with Crippen LogP contribution in [-0.2, 0) is 4.74 Å². The first kappa shape index (κ1) is 10.5. The summed E-state index contributed by atoms with van der Waals surface area (Å²) in [4.78, 5) is 11.6. The quantitative estimate of drug-likeness (QED) is 0.748. The normalized spacial score (nSPS) is 10.5. The molecule has 0 radical (unpaired) electrons. The standard InChI is InChI=1S/C11H9ClO2S/c1-2-14-11(13)9-6-15-10-4-3-7(12)5-8(9)10/h3-6H,2H2,1H3. The van der Waals surface area contributed by atoms with Gasteiger partial charge in [0, 0.05) is 20.5 Å². The Bertz CT molecular complexity index is 504. The van der Waals surface area contributed by atoms with Crippen molar-refractivity contribution < 1.29 is 9.53 Å². The highest BCUT2D eigenvalue weighted by Gasteiger charge is 2.12. The Balaban J connectivity index is 2.52. The zero-order valence-electron chi connectivity index (χ0n) is 8.12. The van der Waals surface area contributed by atoms with E-state index >= 15 is 0 Å². The fourth-order valence-corrected chi connectivity index (χ4v) is 2.45. The third-order valence-corrected chi connectivity index (χ3v) is 3.23. The predicted molar refractivity (Wildman–Crippen MR) is 62.8 cm³/mol. The van der Waals surface area contributed by atoms with Crippen LogP contribution in [0.5, 0.6) is 0 Å². The predicted octanol–water partition coefficient (Wildman–Crippen LogP) is 3.73. The zero-order valence-corrected chi connectivity index (χ0v) is 9.69. The van der Waals surface area contributed by atoms with Crippen molar-refractivity contribution in [1.82, 2.24) is 0 Å². The molecular formula is C11H9ClO2S. The van der Waals surface area contributed by atoms with E-state index in [0.717, 1.165) is 10.1 Å². The van der Waals surface area contributed by atoms with Crippen LogP contribution in [-0.4, -0.2) is 12.6 Å². The largest absolute Gasteiger partial charge is 0.462 e. The van der Waals surface area contributed by atoms with Crippen molar-refractivity contribution in [2.24, 2.45) is 0 Å². The molecule has 2 rings (SSSR count). The van der Waals surface area contributed by atoms with Gasteiger partial charge in [-0.1, -0.05) is 11.6 Å². The molecule has 2 nitrogen and oxygen atoms in total. The van der Waals surface area contributed by atoms with Crippen LogP contribution >= 0.6 is 22.9 Å². The van der Waals surface area contributed by atoms with E-state index in [9.17, 15) is 4.79 Å². The van der Waals surface area contributed by atoms with E-state index in [1.54, 1.807) is 18.4 Å². The maximum Gasteiger partial charge on any atom is 0.339 e. The third kappa shape index (κ3) is 1.98. The summed E-state index contributed by atoms with van der Waals surface area (Å²) < 4.78 is 6.00. The minimum absolute atomic E-state index is 0.286. The van der Waals surface area contributed by atoms with Crippen LogP contribution in [0.3, 0.4) is 0 Å². The number of fused-ring (bicyclic) bond motifs is 1. The molecule has 0 spiro atoms. The number of rotatable bonds is 2. The second-order valence-electron chi connectivity index (χ2n) is 3.01. The molecule has 1 heterocycles. The van der Waals surface area contributed by atoms with E-state index in [4.69, 9.17) is 16.3 Å². The van der Waals surface area contributed by atoms with Gasteiger partial charge in [0.1, 0.15) is 0 Å².